The van der Waals surface area contributed by atoms with Crippen LogP contribution in [0.15, 0.2) is 70.9 Å². The van der Waals surface area contributed by atoms with Gasteiger partial charge in [0.2, 0.25) is 0 Å². The number of fused-ring (bicyclic) bond motifs is 1. The standard InChI is InChI=1S/C23H22N2O5S2/c1-16-12-17-6-2-3-10-21(17)25(16)32(28,29)20-9-4-7-18(13-20)23(27)30-15-22(26)24-14-19-8-5-11-31-19/h2-11,13,16H,12,14-15H2,1H3,(H,24,26)/t16-/m1/s1. The van der Waals surface area contributed by atoms with Crippen LogP contribution >= 0.6 is 11.3 Å². The minimum atomic E-state index is -3.87. The van der Waals surface area contributed by atoms with E-state index in [0.29, 0.717) is 18.7 Å². The summed E-state index contributed by atoms with van der Waals surface area (Å²) in [5.74, 6) is -1.19. The van der Waals surface area contributed by atoms with E-state index >= 15 is 0 Å². The molecule has 0 radical (unpaired) electrons. The molecule has 0 unspecified atom stereocenters. The van der Waals surface area contributed by atoms with Crippen LogP contribution in [0.3, 0.4) is 0 Å². The summed E-state index contributed by atoms with van der Waals surface area (Å²) < 4.78 is 33.2. The van der Waals surface area contributed by atoms with Crippen molar-refractivity contribution in [2.45, 2.75) is 30.8 Å². The van der Waals surface area contributed by atoms with E-state index in [1.165, 1.54) is 39.9 Å². The number of amides is 1. The lowest BCUT2D eigenvalue weighted by molar-refractivity contribution is -0.124. The fourth-order valence-corrected chi connectivity index (χ4v) is 6.05. The Kier molecular flexibility index (Phi) is 6.29. The van der Waals surface area contributed by atoms with Crippen molar-refractivity contribution in [1.29, 1.82) is 0 Å². The Labute approximate surface area is 190 Å². The second kappa shape index (κ2) is 9.13. The van der Waals surface area contributed by atoms with Crippen molar-refractivity contribution in [3.8, 4) is 0 Å². The second-order valence-corrected chi connectivity index (χ2v) is 10.3. The molecule has 3 aromatic rings. The number of para-hydroxylation sites is 1. The molecule has 0 saturated heterocycles. The molecule has 9 heteroatoms. The van der Waals surface area contributed by atoms with Crippen LogP contribution in [-0.2, 0) is 32.5 Å². The van der Waals surface area contributed by atoms with E-state index < -0.39 is 28.5 Å². The number of thiophene rings is 1. The van der Waals surface area contributed by atoms with Crippen LogP contribution in [0.25, 0.3) is 0 Å². The van der Waals surface area contributed by atoms with E-state index in [1.807, 2.05) is 36.6 Å². The first-order valence-electron chi connectivity index (χ1n) is 10.0. The molecule has 2 aromatic carbocycles. The molecule has 0 aliphatic carbocycles. The van der Waals surface area contributed by atoms with Crippen molar-refractivity contribution in [2.24, 2.45) is 0 Å². The lowest BCUT2D eigenvalue weighted by Crippen LogP contribution is -2.35. The molecule has 4 rings (SSSR count). The first-order valence-corrected chi connectivity index (χ1v) is 12.4. The molecule has 0 saturated carbocycles. The highest BCUT2D eigenvalue weighted by Crippen LogP contribution is 2.36. The fraction of sp³-hybridized carbons (Fsp3) is 0.217. The van der Waals surface area contributed by atoms with Gasteiger partial charge in [-0.3, -0.25) is 9.10 Å². The molecule has 0 fully saturated rings. The van der Waals surface area contributed by atoms with Crippen molar-refractivity contribution in [3.63, 3.8) is 0 Å². The topological polar surface area (TPSA) is 92.8 Å². The van der Waals surface area contributed by atoms with Gasteiger partial charge in [-0.1, -0.05) is 30.3 Å². The predicted molar refractivity (Wildman–Crippen MR) is 122 cm³/mol. The zero-order valence-electron chi connectivity index (χ0n) is 17.4. The van der Waals surface area contributed by atoms with Gasteiger partial charge in [-0.2, -0.15) is 0 Å². The van der Waals surface area contributed by atoms with Crippen LogP contribution < -0.4 is 9.62 Å². The minimum absolute atomic E-state index is 0.00218. The SMILES string of the molecule is C[C@@H]1Cc2ccccc2N1S(=O)(=O)c1cccc(C(=O)OCC(=O)NCc2cccs2)c1. The van der Waals surface area contributed by atoms with Gasteiger partial charge >= 0.3 is 5.97 Å². The molecule has 1 aliphatic heterocycles. The summed E-state index contributed by atoms with van der Waals surface area (Å²) in [6, 6.07) is 16.6. The average molecular weight is 471 g/mol. The third-order valence-electron chi connectivity index (χ3n) is 5.15. The lowest BCUT2D eigenvalue weighted by atomic mass is 10.1. The van der Waals surface area contributed by atoms with Gasteiger partial charge in [0.25, 0.3) is 15.9 Å². The molecule has 7 nitrogen and oxygen atoms in total. The number of esters is 1. The zero-order chi connectivity index (χ0) is 22.7. The Morgan fingerprint density at radius 3 is 2.72 bits per heavy atom. The van der Waals surface area contributed by atoms with Crippen LogP contribution in [0.2, 0.25) is 0 Å². The van der Waals surface area contributed by atoms with Crippen molar-refractivity contribution in [3.05, 3.63) is 82.0 Å². The first-order chi connectivity index (χ1) is 15.4. The van der Waals surface area contributed by atoms with Gasteiger partial charge in [-0.25, -0.2) is 13.2 Å². The van der Waals surface area contributed by atoms with Crippen molar-refractivity contribution < 1.29 is 22.7 Å². The van der Waals surface area contributed by atoms with Crippen LogP contribution in [0, 0.1) is 0 Å². The molecular formula is C23H22N2O5S2. The molecule has 1 N–H and O–H groups in total. The summed E-state index contributed by atoms with van der Waals surface area (Å²) in [4.78, 5) is 25.4. The van der Waals surface area contributed by atoms with Crippen molar-refractivity contribution in [2.75, 3.05) is 10.9 Å². The van der Waals surface area contributed by atoms with Crippen LogP contribution in [0.5, 0.6) is 0 Å². The van der Waals surface area contributed by atoms with E-state index in [9.17, 15) is 18.0 Å². The summed E-state index contributed by atoms with van der Waals surface area (Å²) in [6.07, 6.45) is 0.623. The molecule has 0 spiro atoms. The molecule has 32 heavy (non-hydrogen) atoms. The normalized spacial score (nSPS) is 15.3. The number of ether oxygens (including phenoxy) is 1. The largest absolute Gasteiger partial charge is 0.452 e. The molecule has 166 valence electrons. The monoisotopic (exact) mass is 470 g/mol. The van der Waals surface area contributed by atoms with E-state index in [0.717, 1.165) is 10.4 Å². The van der Waals surface area contributed by atoms with Gasteiger partial charge in [0.1, 0.15) is 0 Å². The third-order valence-corrected chi connectivity index (χ3v) is 7.95. The van der Waals surface area contributed by atoms with Crippen molar-refractivity contribution in [1.82, 2.24) is 5.32 Å². The van der Waals surface area contributed by atoms with Gasteiger partial charge in [-0.05, 0) is 54.6 Å². The number of benzene rings is 2. The van der Waals surface area contributed by atoms with Crippen LogP contribution in [0.1, 0.15) is 27.7 Å². The number of hydrogen-bond donors (Lipinski definition) is 1. The quantitative estimate of drug-likeness (QED) is 0.535. The average Bonchev–Trinajstić information content (AvgIpc) is 3.43. The Hall–Kier alpha value is -3.17. The molecular weight excluding hydrogens is 448 g/mol. The van der Waals surface area contributed by atoms with E-state index in [1.54, 1.807) is 12.1 Å². The van der Waals surface area contributed by atoms with Gasteiger partial charge < -0.3 is 10.1 Å². The van der Waals surface area contributed by atoms with E-state index in [-0.39, 0.29) is 16.5 Å². The summed E-state index contributed by atoms with van der Waals surface area (Å²) in [6.45, 7) is 1.76. The molecule has 2 heterocycles. The molecule has 1 aliphatic rings. The Balaban J connectivity index is 1.45. The summed E-state index contributed by atoms with van der Waals surface area (Å²) >= 11 is 1.51. The number of sulfonamides is 1. The zero-order valence-corrected chi connectivity index (χ0v) is 19.0. The summed E-state index contributed by atoms with van der Waals surface area (Å²) in [5.41, 5.74) is 1.68. The molecule has 1 amide bonds. The number of nitrogens with one attached hydrogen (secondary N) is 1. The lowest BCUT2D eigenvalue weighted by Gasteiger charge is -2.24. The number of carbonyl (C=O) groups excluding carboxylic acids is 2. The maximum atomic E-state index is 13.4. The Morgan fingerprint density at radius 1 is 1.12 bits per heavy atom. The second-order valence-electron chi connectivity index (χ2n) is 7.44. The van der Waals surface area contributed by atoms with Crippen LogP contribution in [0.4, 0.5) is 5.69 Å². The number of carbonyl (C=O) groups is 2. The first kappa shape index (κ1) is 22.0. The maximum absolute atomic E-state index is 13.4. The Morgan fingerprint density at radius 2 is 1.94 bits per heavy atom. The smallest absolute Gasteiger partial charge is 0.338 e. The van der Waals surface area contributed by atoms with E-state index in [4.69, 9.17) is 4.74 Å². The number of nitrogens with zero attached hydrogens (tertiary/aromatic N) is 1. The predicted octanol–water partition coefficient (Wildman–Crippen LogP) is 3.36. The highest BCUT2D eigenvalue weighted by molar-refractivity contribution is 7.92. The van der Waals surface area contributed by atoms with Gasteiger partial charge in [0.05, 0.1) is 22.7 Å². The van der Waals surface area contributed by atoms with Crippen LogP contribution in [-0.4, -0.2) is 32.9 Å². The number of rotatable bonds is 7. The molecule has 1 atom stereocenters. The summed E-state index contributed by atoms with van der Waals surface area (Å²) in [5, 5.41) is 4.58. The minimum Gasteiger partial charge on any atom is -0.452 e. The number of anilines is 1. The molecule has 1 aromatic heterocycles. The Bertz CT molecular complexity index is 1240. The van der Waals surface area contributed by atoms with Gasteiger partial charge in [0, 0.05) is 10.9 Å². The molecule has 0 bridgehead atoms. The maximum Gasteiger partial charge on any atom is 0.338 e. The highest BCUT2D eigenvalue weighted by Gasteiger charge is 2.36. The van der Waals surface area contributed by atoms with Gasteiger partial charge in [-0.15, -0.1) is 11.3 Å². The van der Waals surface area contributed by atoms with Gasteiger partial charge in [0.15, 0.2) is 6.61 Å². The van der Waals surface area contributed by atoms with Crippen molar-refractivity contribution >= 4 is 38.9 Å². The van der Waals surface area contributed by atoms with E-state index in [2.05, 4.69) is 5.32 Å². The highest BCUT2D eigenvalue weighted by atomic mass is 32.2. The summed E-state index contributed by atoms with van der Waals surface area (Å²) in [7, 11) is -3.87. The third kappa shape index (κ3) is 4.53. The number of hydrogen-bond acceptors (Lipinski definition) is 6. The fourth-order valence-electron chi connectivity index (χ4n) is 3.66.